The van der Waals surface area contributed by atoms with Gasteiger partial charge in [0.1, 0.15) is 5.60 Å². The van der Waals surface area contributed by atoms with Crippen molar-refractivity contribution in [3.63, 3.8) is 0 Å². The first kappa shape index (κ1) is 16.2. The van der Waals surface area contributed by atoms with E-state index in [1.165, 1.54) is 0 Å². The van der Waals surface area contributed by atoms with Crippen molar-refractivity contribution in [1.29, 1.82) is 0 Å². The third-order valence-corrected chi connectivity index (χ3v) is 3.14. The van der Waals surface area contributed by atoms with E-state index in [0.29, 0.717) is 13.2 Å². The molecule has 0 aliphatic carbocycles. The zero-order valence-corrected chi connectivity index (χ0v) is 12.9. The molecule has 1 saturated heterocycles. The topological polar surface area (TPSA) is 50.8 Å². The smallest absolute Gasteiger partial charge is 0.410 e. The van der Waals surface area contributed by atoms with Crippen molar-refractivity contribution in [2.45, 2.75) is 51.7 Å². The van der Waals surface area contributed by atoms with Crippen molar-refractivity contribution < 1.29 is 14.3 Å². The minimum absolute atomic E-state index is 0.243. The van der Waals surface area contributed by atoms with Gasteiger partial charge in [-0.3, -0.25) is 0 Å². The highest BCUT2D eigenvalue weighted by molar-refractivity contribution is 5.68. The Hall–Kier alpha value is -0.810. The summed E-state index contributed by atoms with van der Waals surface area (Å²) >= 11 is 0. The fourth-order valence-electron chi connectivity index (χ4n) is 2.52. The number of carbonyl (C=O) groups excluding carboxylic acids is 1. The van der Waals surface area contributed by atoms with Crippen LogP contribution in [-0.2, 0) is 9.47 Å². The summed E-state index contributed by atoms with van der Waals surface area (Å²) in [6.07, 6.45) is 1.68. The Morgan fingerprint density at radius 3 is 2.63 bits per heavy atom. The average Bonchev–Trinajstić information content (AvgIpc) is 2.27. The first-order valence-corrected chi connectivity index (χ1v) is 7.08. The second-order valence-corrected chi connectivity index (χ2v) is 6.15. The second kappa shape index (κ2) is 6.57. The van der Waals surface area contributed by atoms with Crippen LogP contribution in [-0.4, -0.2) is 55.5 Å². The maximum atomic E-state index is 12.1. The van der Waals surface area contributed by atoms with Crippen LogP contribution in [0.2, 0.25) is 0 Å². The van der Waals surface area contributed by atoms with Crippen LogP contribution in [0.25, 0.3) is 0 Å². The first-order valence-electron chi connectivity index (χ1n) is 7.08. The number of ether oxygens (including phenoxy) is 2. The van der Waals surface area contributed by atoms with Crippen LogP contribution in [0.5, 0.6) is 0 Å². The van der Waals surface area contributed by atoms with E-state index in [1.54, 1.807) is 4.90 Å². The Morgan fingerprint density at radius 2 is 2.11 bits per heavy atom. The van der Waals surface area contributed by atoms with Gasteiger partial charge in [0.25, 0.3) is 0 Å². The molecule has 0 aromatic heterocycles. The highest BCUT2D eigenvalue weighted by Crippen LogP contribution is 2.26. The van der Waals surface area contributed by atoms with Gasteiger partial charge in [-0.15, -0.1) is 0 Å². The van der Waals surface area contributed by atoms with Gasteiger partial charge in [-0.25, -0.2) is 4.79 Å². The van der Waals surface area contributed by atoms with Crippen LogP contribution in [0.15, 0.2) is 0 Å². The maximum Gasteiger partial charge on any atom is 0.410 e. The van der Waals surface area contributed by atoms with Crippen LogP contribution in [0.3, 0.4) is 0 Å². The Labute approximate surface area is 116 Å². The number of nitrogens with one attached hydrogen (secondary N) is 1. The normalized spacial score (nSPS) is 24.4. The lowest BCUT2D eigenvalue weighted by atomic mass is 9.92. The lowest BCUT2D eigenvalue weighted by Gasteiger charge is -2.42. The third-order valence-electron chi connectivity index (χ3n) is 3.14. The molecule has 1 heterocycles. The summed E-state index contributed by atoms with van der Waals surface area (Å²) in [7, 11) is 1.91. The Balaban J connectivity index is 2.68. The van der Waals surface area contributed by atoms with Crippen LogP contribution in [0.1, 0.15) is 40.5 Å². The Morgan fingerprint density at radius 1 is 1.42 bits per heavy atom. The molecule has 5 nitrogen and oxygen atoms in total. The van der Waals surface area contributed by atoms with Gasteiger partial charge in [-0.05, 0) is 47.6 Å². The number of piperidine rings is 1. The summed E-state index contributed by atoms with van der Waals surface area (Å²) in [6, 6.07) is 0. The van der Waals surface area contributed by atoms with E-state index >= 15 is 0 Å². The molecule has 0 aromatic rings. The SMILES string of the molecule is CCOC1(CNC)CCCN(C(=O)OC(C)(C)C)C1. The number of nitrogens with zero attached hydrogens (tertiary/aromatic N) is 1. The van der Waals surface area contributed by atoms with Crippen molar-refractivity contribution in [3.05, 3.63) is 0 Å². The lowest BCUT2D eigenvalue weighted by Crippen LogP contribution is -2.56. The van der Waals surface area contributed by atoms with E-state index in [0.717, 1.165) is 25.9 Å². The molecule has 1 N–H and O–H groups in total. The monoisotopic (exact) mass is 272 g/mol. The maximum absolute atomic E-state index is 12.1. The highest BCUT2D eigenvalue weighted by Gasteiger charge is 2.38. The number of likely N-dealkylation sites (tertiary alicyclic amines) is 1. The van der Waals surface area contributed by atoms with E-state index in [9.17, 15) is 4.79 Å². The van der Waals surface area contributed by atoms with Crippen LogP contribution < -0.4 is 5.32 Å². The summed E-state index contributed by atoms with van der Waals surface area (Å²) in [5.74, 6) is 0. The van der Waals surface area contributed by atoms with Crippen molar-refractivity contribution in [2.75, 3.05) is 33.3 Å². The van der Waals surface area contributed by atoms with Crippen LogP contribution >= 0.6 is 0 Å². The van der Waals surface area contributed by atoms with Gasteiger partial charge in [0.05, 0.1) is 12.1 Å². The van der Waals surface area contributed by atoms with Crippen molar-refractivity contribution in [3.8, 4) is 0 Å². The lowest BCUT2D eigenvalue weighted by molar-refractivity contribution is -0.0845. The molecule has 1 atom stereocenters. The van der Waals surface area contributed by atoms with Gasteiger partial charge in [-0.2, -0.15) is 0 Å². The summed E-state index contributed by atoms with van der Waals surface area (Å²) in [6.45, 7) is 10.4. The molecule has 1 aliphatic rings. The Bertz CT molecular complexity index is 288. The van der Waals surface area contributed by atoms with Gasteiger partial charge in [0.15, 0.2) is 0 Å². The van der Waals surface area contributed by atoms with Gasteiger partial charge < -0.3 is 19.7 Å². The summed E-state index contributed by atoms with van der Waals surface area (Å²) in [5, 5.41) is 3.17. The molecule has 19 heavy (non-hydrogen) atoms. The number of hydrogen-bond donors (Lipinski definition) is 1. The molecule has 1 unspecified atom stereocenters. The van der Waals surface area contributed by atoms with Gasteiger partial charge in [-0.1, -0.05) is 0 Å². The van der Waals surface area contributed by atoms with Crippen LogP contribution in [0, 0.1) is 0 Å². The second-order valence-electron chi connectivity index (χ2n) is 6.15. The molecule has 0 radical (unpaired) electrons. The molecule has 0 aromatic carbocycles. The molecule has 1 rings (SSSR count). The van der Waals surface area contributed by atoms with E-state index in [-0.39, 0.29) is 11.7 Å². The van der Waals surface area contributed by atoms with E-state index < -0.39 is 5.60 Å². The predicted molar refractivity (Wildman–Crippen MR) is 75.3 cm³/mol. The average molecular weight is 272 g/mol. The van der Waals surface area contributed by atoms with Crippen LogP contribution in [0.4, 0.5) is 4.79 Å². The zero-order chi connectivity index (χ0) is 14.5. The van der Waals surface area contributed by atoms with Crippen molar-refractivity contribution >= 4 is 6.09 Å². The third kappa shape index (κ3) is 4.99. The molecule has 5 heteroatoms. The van der Waals surface area contributed by atoms with Gasteiger partial charge >= 0.3 is 6.09 Å². The quantitative estimate of drug-likeness (QED) is 0.850. The minimum atomic E-state index is -0.453. The highest BCUT2D eigenvalue weighted by atomic mass is 16.6. The molecule has 1 amide bonds. The van der Waals surface area contributed by atoms with E-state index in [1.807, 2.05) is 34.7 Å². The number of rotatable bonds is 4. The molecule has 1 fully saturated rings. The van der Waals surface area contributed by atoms with Gasteiger partial charge in [0.2, 0.25) is 0 Å². The fourth-order valence-corrected chi connectivity index (χ4v) is 2.52. The number of likely N-dealkylation sites (N-methyl/N-ethyl adjacent to an activating group) is 1. The Kier molecular flexibility index (Phi) is 5.62. The summed E-state index contributed by atoms with van der Waals surface area (Å²) in [4.78, 5) is 13.9. The zero-order valence-electron chi connectivity index (χ0n) is 12.9. The first-order chi connectivity index (χ1) is 8.82. The van der Waals surface area contributed by atoms with E-state index in [2.05, 4.69) is 5.32 Å². The van der Waals surface area contributed by atoms with Crippen molar-refractivity contribution in [1.82, 2.24) is 10.2 Å². The molecular weight excluding hydrogens is 244 g/mol. The largest absolute Gasteiger partial charge is 0.444 e. The number of carbonyl (C=O) groups is 1. The molecular formula is C14H28N2O3. The number of amides is 1. The summed E-state index contributed by atoms with van der Waals surface area (Å²) in [5.41, 5.74) is -0.732. The van der Waals surface area contributed by atoms with E-state index in [4.69, 9.17) is 9.47 Å². The molecule has 0 spiro atoms. The standard InChI is InChI=1S/C14H28N2O3/c1-6-18-14(10-15-5)8-7-9-16(11-14)12(17)19-13(2,3)4/h15H,6-11H2,1-5H3. The molecule has 0 bridgehead atoms. The van der Waals surface area contributed by atoms with Crippen molar-refractivity contribution in [2.24, 2.45) is 0 Å². The molecule has 112 valence electrons. The molecule has 0 saturated carbocycles. The summed E-state index contributed by atoms with van der Waals surface area (Å²) < 4.78 is 11.3. The predicted octanol–water partition coefficient (Wildman–Crippen LogP) is 2.01. The van der Waals surface area contributed by atoms with Gasteiger partial charge in [0, 0.05) is 19.7 Å². The molecule has 1 aliphatic heterocycles. The fraction of sp³-hybridized carbons (Fsp3) is 0.929. The number of hydrogen-bond acceptors (Lipinski definition) is 4. The minimum Gasteiger partial charge on any atom is -0.444 e.